The van der Waals surface area contributed by atoms with E-state index in [1.807, 2.05) is 18.2 Å². The Morgan fingerprint density at radius 2 is 2.08 bits per heavy atom. The van der Waals surface area contributed by atoms with Crippen LogP contribution in [0.25, 0.3) is 0 Å². The zero-order valence-corrected chi connectivity index (χ0v) is 15.7. The molecular weight excluding hydrogens is 320 g/mol. The summed E-state index contributed by atoms with van der Waals surface area (Å²) in [5.41, 5.74) is 1.18. The third-order valence-corrected chi connectivity index (χ3v) is 4.22. The number of nitrogens with one attached hydrogen (secondary N) is 2. The van der Waals surface area contributed by atoms with E-state index in [-0.39, 0.29) is 6.10 Å². The van der Waals surface area contributed by atoms with Crippen molar-refractivity contribution in [3.05, 3.63) is 23.8 Å². The summed E-state index contributed by atoms with van der Waals surface area (Å²) in [6.45, 7) is 4.25. The fourth-order valence-corrected chi connectivity index (χ4v) is 2.78. The van der Waals surface area contributed by atoms with Crippen molar-refractivity contribution in [2.24, 2.45) is 4.99 Å². The van der Waals surface area contributed by atoms with Gasteiger partial charge in [0.15, 0.2) is 17.5 Å². The topological polar surface area (TPSA) is 67.4 Å². The lowest BCUT2D eigenvalue weighted by atomic mass is 10.1. The van der Waals surface area contributed by atoms with Crippen molar-refractivity contribution in [2.45, 2.75) is 12.5 Å². The Balaban J connectivity index is 1.75. The minimum Gasteiger partial charge on any atom is -0.493 e. The summed E-state index contributed by atoms with van der Waals surface area (Å²) in [6, 6.07) is 5.98. The summed E-state index contributed by atoms with van der Waals surface area (Å²) in [5, 5.41) is 6.66. The highest BCUT2D eigenvalue weighted by Crippen LogP contribution is 2.27. The third kappa shape index (κ3) is 6.10. The molecule has 25 heavy (non-hydrogen) atoms. The highest BCUT2D eigenvalue weighted by molar-refractivity contribution is 5.79. The number of ether oxygens (including phenoxy) is 3. The van der Waals surface area contributed by atoms with E-state index in [1.54, 1.807) is 21.3 Å². The maximum absolute atomic E-state index is 5.75. The summed E-state index contributed by atoms with van der Waals surface area (Å²) in [6.07, 6.45) is 1.06. The normalized spacial score (nSPS) is 18.7. The first-order chi connectivity index (χ1) is 12.2. The number of aliphatic imine (C=N–C) groups is 1. The van der Waals surface area contributed by atoms with E-state index in [1.165, 1.54) is 5.56 Å². The van der Waals surface area contributed by atoms with Gasteiger partial charge in [0.25, 0.3) is 0 Å². The molecule has 1 atom stereocenters. The van der Waals surface area contributed by atoms with Crippen molar-refractivity contribution in [1.29, 1.82) is 0 Å². The zero-order valence-electron chi connectivity index (χ0n) is 15.7. The molecule has 0 amide bonds. The van der Waals surface area contributed by atoms with Crippen LogP contribution in [-0.4, -0.2) is 78.1 Å². The largest absolute Gasteiger partial charge is 0.493 e. The molecule has 1 aromatic rings. The first kappa shape index (κ1) is 19.3. The van der Waals surface area contributed by atoms with Gasteiger partial charge in [-0.1, -0.05) is 6.07 Å². The molecular formula is C18H30N4O3. The van der Waals surface area contributed by atoms with Crippen LogP contribution in [0, 0.1) is 0 Å². The second-order valence-corrected chi connectivity index (χ2v) is 6.07. The van der Waals surface area contributed by atoms with Crippen LogP contribution in [0.4, 0.5) is 0 Å². The highest BCUT2D eigenvalue weighted by atomic mass is 16.5. The van der Waals surface area contributed by atoms with Crippen LogP contribution in [0.2, 0.25) is 0 Å². The lowest BCUT2D eigenvalue weighted by Gasteiger charge is -2.30. The molecule has 1 fully saturated rings. The number of methoxy groups -OCH3 is 2. The minimum atomic E-state index is 0.197. The van der Waals surface area contributed by atoms with E-state index in [0.717, 1.165) is 56.7 Å². The molecule has 0 aliphatic carbocycles. The van der Waals surface area contributed by atoms with Gasteiger partial charge >= 0.3 is 0 Å². The predicted molar refractivity (Wildman–Crippen MR) is 99.9 cm³/mol. The molecule has 0 aromatic heterocycles. The van der Waals surface area contributed by atoms with Gasteiger partial charge in [0.2, 0.25) is 0 Å². The molecule has 140 valence electrons. The molecule has 1 aliphatic heterocycles. The van der Waals surface area contributed by atoms with Crippen molar-refractivity contribution in [2.75, 3.05) is 61.1 Å². The monoisotopic (exact) mass is 350 g/mol. The molecule has 0 radical (unpaired) electrons. The summed E-state index contributed by atoms with van der Waals surface area (Å²) >= 11 is 0. The van der Waals surface area contributed by atoms with E-state index in [2.05, 4.69) is 27.6 Å². The van der Waals surface area contributed by atoms with Crippen LogP contribution in [0.15, 0.2) is 23.2 Å². The number of benzene rings is 1. The Kier molecular flexibility index (Phi) is 7.81. The van der Waals surface area contributed by atoms with E-state index >= 15 is 0 Å². The van der Waals surface area contributed by atoms with E-state index in [9.17, 15) is 0 Å². The molecule has 2 rings (SSSR count). The number of hydrogen-bond donors (Lipinski definition) is 2. The lowest BCUT2D eigenvalue weighted by molar-refractivity contribution is -0.0161. The fourth-order valence-electron chi connectivity index (χ4n) is 2.78. The van der Waals surface area contributed by atoms with Gasteiger partial charge in [0.1, 0.15) is 0 Å². The molecule has 2 N–H and O–H groups in total. The second-order valence-electron chi connectivity index (χ2n) is 6.07. The van der Waals surface area contributed by atoms with Gasteiger partial charge in [-0.05, 0) is 31.2 Å². The molecule has 1 aromatic carbocycles. The van der Waals surface area contributed by atoms with Crippen molar-refractivity contribution >= 4 is 5.96 Å². The summed E-state index contributed by atoms with van der Waals surface area (Å²) in [7, 11) is 7.18. The Morgan fingerprint density at radius 1 is 1.28 bits per heavy atom. The summed E-state index contributed by atoms with van der Waals surface area (Å²) < 4.78 is 16.4. The van der Waals surface area contributed by atoms with Gasteiger partial charge in [0.05, 0.1) is 26.9 Å². The number of likely N-dealkylation sites (N-methyl/N-ethyl adjacent to an activating group) is 1. The van der Waals surface area contributed by atoms with E-state index in [4.69, 9.17) is 14.2 Å². The molecule has 1 saturated heterocycles. The minimum absolute atomic E-state index is 0.197. The quantitative estimate of drug-likeness (QED) is 0.559. The van der Waals surface area contributed by atoms with Crippen LogP contribution in [-0.2, 0) is 11.2 Å². The number of morpholine rings is 1. The van der Waals surface area contributed by atoms with Gasteiger partial charge in [-0.3, -0.25) is 4.99 Å². The van der Waals surface area contributed by atoms with Gasteiger partial charge in [-0.2, -0.15) is 0 Å². The van der Waals surface area contributed by atoms with Crippen molar-refractivity contribution in [3.8, 4) is 11.5 Å². The van der Waals surface area contributed by atoms with Crippen molar-refractivity contribution in [1.82, 2.24) is 15.5 Å². The first-order valence-corrected chi connectivity index (χ1v) is 8.61. The van der Waals surface area contributed by atoms with Gasteiger partial charge in [-0.15, -0.1) is 0 Å². The predicted octanol–water partition coefficient (Wildman–Crippen LogP) is 0.742. The number of rotatable bonds is 7. The zero-order chi connectivity index (χ0) is 18.1. The van der Waals surface area contributed by atoms with Crippen LogP contribution in [0.1, 0.15) is 5.56 Å². The molecule has 7 heteroatoms. The molecule has 1 aliphatic rings. The first-order valence-electron chi connectivity index (χ1n) is 8.61. The number of hydrogen-bond acceptors (Lipinski definition) is 5. The molecule has 7 nitrogen and oxygen atoms in total. The Hall–Kier alpha value is -1.99. The molecule has 0 spiro atoms. The maximum atomic E-state index is 5.75. The Labute approximate surface area is 150 Å². The van der Waals surface area contributed by atoms with Gasteiger partial charge < -0.3 is 29.7 Å². The molecule has 0 bridgehead atoms. The van der Waals surface area contributed by atoms with Crippen LogP contribution in [0.3, 0.4) is 0 Å². The van der Waals surface area contributed by atoms with Crippen LogP contribution < -0.4 is 20.1 Å². The average Bonchev–Trinajstić information content (AvgIpc) is 2.64. The number of nitrogens with zero attached hydrogens (tertiary/aromatic N) is 2. The lowest BCUT2D eigenvalue weighted by Crippen LogP contribution is -2.48. The summed E-state index contributed by atoms with van der Waals surface area (Å²) in [5.74, 6) is 2.28. The molecule has 1 unspecified atom stereocenters. The standard InChI is InChI=1S/C18H30N4O3/c1-19-18(21-12-15-13-22(2)9-10-25-15)20-8-7-14-5-6-16(23-3)17(11-14)24-4/h5-6,11,15H,7-10,12-13H2,1-4H3,(H2,19,20,21). The van der Waals surface area contributed by atoms with Crippen molar-refractivity contribution in [3.63, 3.8) is 0 Å². The second kappa shape index (κ2) is 10.1. The van der Waals surface area contributed by atoms with Gasteiger partial charge in [0, 0.05) is 33.2 Å². The van der Waals surface area contributed by atoms with Gasteiger partial charge in [-0.25, -0.2) is 0 Å². The smallest absolute Gasteiger partial charge is 0.191 e. The highest BCUT2D eigenvalue weighted by Gasteiger charge is 2.17. The molecule has 1 heterocycles. The number of guanidine groups is 1. The fraction of sp³-hybridized carbons (Fsp3) is 0.611. The van der Waals surface area contributed by atoms with E-state index < -0.39 is 0 Å². The van der Waals surface area contributed by atoms with Crippen LogP contribution in [0.5, 0.6) is 11.5 Å². The third-order valence-electron chi connectivity index (χ3n) is 4.22. The SMILES string of the molecule is CN=C(NCCc1ccc(OC)c(OC)c1)NCC1CN(C)CCO1. The average molecular weight is 350 g/mol. The maximum Gasteiger partial charge on any atom is 0.191 e. The van der Waals surface area contributed by atoms with E-state index in [0.29, 0.717) is 0 Å². The summed E-state index contributed by atoms with van der Waals surface area (Å²) in [4.78, 5) is 6.55. The van der Waals surface area contributed by atoms with Crippen molar-refractivity contribution < 1.29 is 14.2 Å². The Morgan fingerprint density at radius 3 is 2.76 bits per heavy atom. The molecule has 0 saturated carbocycles. The Bertz CT molecular complexity index is 565. The van der Waals surface area contributed by atoms with Crippen LogP contribution >= 0.6 is 0 Å².